The Hall–Kier alpha value is -1.73. The van der Waals surface area contributed by atoms with E-state index in [4.69, 9.17) is 0 Å². The molecular weight excluding hydrogens is 346 g/mol. The molecule has 2 aliphatic rings. The molecule has 1 fully saturated rings. The van der Waals surface area contributed by atoms with Crippen molar-refractivity contribution in [2.24, 2.45) is 0 Å². The molecule has 1 N–H and O–H groups in total. The Morgan fingerprint density at radius 3 is 3.00 bits per heavy atom. The van der Waals surface area contributed by atoms with E-state index in [1.807, 2.05) is 17.6 Å². The van der Waals surface area contributed by atoms with Crippen LogP contribution in [0.25, 0.3) is 0 Å². The second-order valence-electron chi connectivity index (χ2n) is 7.29. The van der Waals surface area contributed by atoms with Crippen LogP contribution in [0.3, 0.4) is 0 Å². The van der Waals surface area contributed by atoms with Crippen LogP contribution in [-0.4, -0.2) is 45.3 Å². The average Bonchev–Trinajstić information content (AvgIpc) is 3.19. The minimum Gasteiger partial charge on any atom is -0.360 e. The van der Waals surface area contributed by atoms with Gasteiger partial charge < -0.3 is 5.32 Å². The van der Waals surface area contributed by atoms with Gasteiger partial charge in [0.25, 0.3) is 5.56 Å². The number of fused-ring (bicyclic) bond motifs is 1. The number of likely N-dealkylation sites (tertiary alicyclic amines) is 1. The lowest BCUT2D eigenvalue weighted by Crippen LogP contribution is -2.45. The van der Waals surface area contributed by atoms with Gasteiger partial charge in [0, 0.05) is 36.8 Å². The molecule has 2 aromatic rings. The summed E-state index contributed by atoms with van der Waals surface area (Å²) in [6.45, 7) is 3.58. The Kier molecular flexibility index (Phi) is 5.65. The maximum absolute atomic E-state index is 12.4. The average molecular weight is 374 g/mol. The van der Waals surface area contributed by atoms with Crippen LogP contribution in [0.15, 0.2) is 22.4 Å². The van der Waals surface area contributed by atoms with Gasteiger partial charge in [-0.05, 0) is 50.6 Å². The molecule has 0 saturated carbocycles. The number of nitrogens with zero attached hydrogens (tertiary/aromatic N) is 4. The lowest BCUT2D eigenvalue weighted by Gasteiger charge is -2.35. The van der Waals surface area contributed by atoms with Crippen LogP contribution in [-0.2, 0) is 19.4 Å². The van der Waals surface area contributed by atoms with E-state index >= 15 is 0 Å². The second kappa shape index (κ2) is 8.31. The van der Waals surface area contributed by atoms with Crippen LogP contribution >= 0.6 is 11.3 Å². The predicted molar refractivity (Wildman–Crippen MR) is 105 cm³/mol. The van der Waals surface area contributed by atoms with E-state index in [1.54, 1.807) is 16.0 Å². The van der Waals surface area contributed by atoms with Gasteiger partial charge in [0.05, 0.1) is 12.2 Å². The number of thiazole rings is 1. The highest BCUT2D eigenvalue weighted by molar-refractivity contribution is 7.13. The van der Waals surface area contributed by atoms with Crippen molar-refractivity contribution in [2.45, 2.75) is 57.5 Å². The Morgan fingerprint density at radius 1 is 1.19 bits per heavy atom. The molecule has 1 atom stereocenters. The van der Waals surface area contributed by atoms with Crippen molar-refractivity contribution in [1.82, 2.24) is 19.7 Å². The quantitative estimate of drug-likeness (QED) is 0.843. The van der Waals surface area contributed by atoms with Crippen molar-refractivity contribution in [3.05, 3.63) is 39.3 Å². The fourth-order valence-corrected chi connectivity index (χ4v) is 4.62. The van der Waals surface area contributed by atoms with Crippen LogP contribution in [0.4, 0.5) is 5.13 Å². The number of aromatic nitrogens is 3. The highest BCUT2D eigenvalue weighted by Gasteiger charge is 2.22. The summed E-state index contributed by atoms with van der Waals surface area (Å²) in [5.74, 6) is 0. The van der Waals surface area contributed by atoms with Gasteiger partial charge in [-0.15, -0.1) is 11.3 Å². The summed E-state index contributed by atoms with van der Waals surface area (Å²) in [7, 11) is 0. The number of hydrogen-bond donors (Lipinski definition) is 1. The van der Waals surface area contributed by atoms with Crippen molar-refractivity contribution in [2.75, 3.05) is 25.0 Å². The van der Waals surface area contributed by atoms with Crippen LogP contribution in [0.2, 0.25) is 0 Å². The van der Waals surface area contributed by atoms with Crippen LogP contribution < -0.4 is 10.9 Å². The molecule has 0 radical (unpaired) electrons. The molecule has 0 spiro atoms. The standard InChI is InChI=1S/C19H27N5OS/c25-18-13-15-5-1-2-7-17(15)22-24(18)11-10-23-9-4-3-6-16(23)14-21-19-20-8-12-26-19/h8,12-13,16H,1-7,9-11,14H2,(H,20,21). The Bertz CT molecular complexity index is 773. The normalized spacial score (nSPS) is 20.7. The summed E-state index contributed by atoms with van der Waals surface area (Å²) in [5, 5.41) is 11.1. The van der Waals surface area contributed by atoms with Crippen molar-refractivity contribution >= 4 is 16.5 Å². The third kappa shape index (κ3) is 4.15. The van der Waals surface area contributed by atoms with Crippen molar-refractivity contribution in [3.63, 3.8) is 0 Å². The van der Waals surface area contributed by atoms with E-state index in [1.165, 1.54) is 37.7 Å². The predicted octanol–water partition coefficient (Wildman–Crippen LogP) is 2.55. The number of rotatable bonds is 6. The Balaban J connectivity index is 1.38. The molecule has 0 aromatic carbocycles. The van der Waals surface area contributed by atoms with Gasteiger partial charge in [-0.1, -0.05) is 6.42 Å². The first kappa shape index (κ1) is 17.7. The molecule has 0 bridgehead atoms. The fraction of sp³-hybridized carbons (Fsp3) is 0.632. The lowest BCUT2D eigenvalue weighted by atomic mass is 9.97. The van der Waals surface area contributed by atoms with Gasteiger partial charge in [0.2, 0.25) is 0 Å². The molecular formula is C19H27N5OS. The lowest BCUT2D eigenvalue weighted by molar-refractivity contribution is 0.148. The van der Waals surface area contributed by atoms with Gasteiger partial charge in [-0.3, -0.25) is 9.69 Å². The molecule has 1 saturated heterocycles. The third-order valence-corrected chi connectivity index (χ3v) is 6.27. The first-order valence-corrected chi connectivity index (χ1v) is 10.6. The van der Waals surface area contributed by atoms with Crippen molar-refractivity contribution in [1.29, 1.82) is 0 Å². The van der Waals surface area contributed by atoms with E-state index in [2.05, 4.69) is 20.3 Å². The first-order valence-electron chi connectivity index (χ1n) is 9.77. The monoisotopic (exact) mass is 373 g/mol. The summed E-state index contributed by atoms with van der Waals surface area (Å²) in [6, 6.07) is 2.32. The van der Waals surface area contributed by atoms with Crippen LogP contribution in [0, 0.1) is 0 Å². The summed E-state index contributed by atoms with van der Waals surface area (Å²) in [5.41, 5.74) is 2.36. The fourth-order valence-electron chi connectivity index (χ4n) is 4.09. The van der Waals surface area contributed by atoms with E-state index in [9.17, 15) is 4.79 Å². The molecule has 26 heavy (non-hydrogen) atoms. The zero-order valence-electron chi connectivity index (χ0n) is 15.2. The van der Waals surface area contributed by atoms with Gasteiger partial charge in [0.1, 0.15) is 0 Å². The second-order valence-corrected chi connectivity index (χ2v) is 8.18. The summed E-state index contributed by atoms with van der Waals surface area (Å²) in [6.07, 6.45) is 9.94. The molecule has 3 heterocycles. The smallest absolute Gasteiger partial charge is 0.267 e. The maximum Gasteiger partial charge on any atom is 0.267 e. The molecule has 140 valence electrons. The van der Waals surface area contributed by atoms with Gasteiger partial charge in [-0.2, -0.15) is 5.10 Å². The first-order chi connectivity index (χ1) is 12.8. The topological polar surface area (TPSA) is 63.1 Å². The van der Waals surface area contributed by atoms with Gasteiger partial charge in [-0.25, -0.2) is 9.67 Å². The molecule has 7 heteroatoms. The number of hydrogen-bond acceptors (Lipinski definition) is 6. The van der Waals surface area contributed by atoms with E-state index in [0.717, 1.165) is 43.3 Å². The summed E-state index contributed by atoms with van der Waals surface area (Å²) < 4.78 is 1.68. The molecule has 4 rings (SSSR count). The van der Waals surface area contributed by atoms with Gasteiger partial charge >= 0.3 is 0 Å². The molecule has 1 aliphatic heterocycles. The van der Waals surface area contributed by atoms with E-state index < -0.39 is 0 Å². The minimum absolute atomic E-state index is 0.0557. The zero-order valence-corrected chi connectivity index (χ0v) is 16.0. The highest BCUT2D eigenvalue weighted by atomic mass is 32.1. The number of aryl methyl sites for hydroxylation is 2. The molecule has 6 nitrogen and oxygen atoms in total. The van der Waals surface area contributed by atoms with Crippen molar-refractivity contribution in [3.8, 4) is 0 Å². The highest BCUT2D eigenvalue weighted by Crippen LogP contribution is 2.19. The molecule has 1 unspecified atom stereocenters. The Labute approximate surface area is 158 Å². The van der Waals surface area contributed by atoms with Gasteiger partial charge in [0.15, 0.2) is 5.13 Å². The minimum atomic E-state index is 0.0557. The van der Waals surface area contributed by atoms with E-state index in [-0.39, 0.29) is 5.56 Å². The third-order valence-electron chi connectivity index (χ3n) is 5.54. The van der Waals surface area contributed by atoms with Crippen molar-refractivity contribution < 1.29 is 0 Å². The molecule has 0 amide bonds. The number of nitrogens with one attached hydrogen (secondary N) is 1. The number of anilines is 1. The van der Waals surface area contributed by atoms with Crippen LogP contribution in [0.5, 0.6) is 0 Å². The largest absolute Gasteiger partial charge is 0.360 e. The molecule has 1 aliphatic carbocycles. The summed E-state index contributed by atoms with van der Waals surface area (Å²) >= 11 is 1.64. The summed E-state index contributed by atoms with van der Waals surface area (Å²) in [4.78, 5) is 19.2. The zero-order chi connectivity index (χ0) is 17.8. The Morgan fingerprint density at radius 2 is 2.12 bits per heavy atom. The number of piperidine rings is 1. The maximum atomic E-state index is 12.4. The van der Waals surface area contributed by atoms with Crippen LogP contribution in [0.1, 0.15) is 43.4 Å². The SMILES string of the molecule is O=c1cc2c(nn1CCN1CCCCC1CNc1nccs1)CCCC2. The molecule has 2 aromatic heterocycles. The van der Waals surface area contributed by atoms with E-state index in [0.29, 0.717) is 12.6 Å².